The highest BCUT2D eigenvalue weighted by atomic mass is 16.6. The van der Waals surface area contributed by atoms with Gasteiger partial charge in [-0.3, -0.25) is 10.1 Å². The molecule has 0 aromatic heterocycles. The lowest BCUT2D eigenvalue weighted by molar-refractivity contribution is -0.385. The van der Waals surface area contributed by atoms with Crippen molar-refractivity contribution in [3.63, 3.8) is 0 Å². The summed E-state index contributed by atoms with van der Waals surface area (Å²) in [6.07, 6.45) is 0.997. The van der Waals surface area contributed by atoms with E-state index >= 15 is 0 Å². The van der Waals surface area contributed by atoms with Gasteiger partial charge >= 0.3 is 0 Å². The molecule has 0 heterocycles. The Hall–Kier alpha value is -1.42. The van der Waals surface area contributed by atoms with E-state index in [1.165, 1.54) is 0 Å². The fourth-order valence-electron chi connectivity index (χ4n) is 2.77. The highest BCUT2D eigenvalue weighted by Gasteiger charge is 2.61. The summed E-state index contributed by atoms with van der Waals surface area (Å²) in [5.74, 6) is 0. The maximum Gasteiger partial charge on any atom is 0.272 e. The summed E-state index contributed by atoms with van der Waals surface area (Å²) in [6.45, 7) is 6.62. The molecule has 1 aliphatic carbocycles. The number of hydrogen-bond donors (Lipinski definition) is 1. The van der Waals surface area contributed by atoms with E-state index in [1.807, 2.05) is 12.1 Å². The number of nitrogens with zero attached hydrogens (tertiary/aromatic N) is 1. The molecule has 1 fully saturated rings. The van der Waals surface area contributed by atoms with Crippen LogP contribution in [0.2, 0.25) is 0 Å². The molecular formula is C13H18N2O2. The van der Waals surface area contributed by atoms with Gasteiger partial charge in [0, 0.05) is 23.6 Å². The van der Waals surface area contributed by atoms with Crippen LogP contribution in [0, 0.1) is 22.5 Å². The number of nitro benzene ring substituents is 1. The fraction of sp³-hybridized carbons (Fsp3) is 0.538. The number of aryl methyl sites for hydroxylation is 1. The molecule has 4 nitrogen and oxygen atoms in total. The minimum atomic E-state index is -0.321. The van der Waals surface area contributed by atoms with Gasteiger partial charge in [0.1, 0.15) is 0 Å². The van der Waals surface area contributed by atoms with Crippen molar-refractivity contribution >= 4 is 5.69 Å². The van der Waals surface area contributed by atoms with E-state index in [2.05, 4.69) is 13.8 Å². The average molecular weight is 234 g/mol. The van der Waals surface area contributed by atoms with E-state index in [1.54, 1.807) is 13.0 Å². The Bertz CT molecular complexity index is 482. The van der Waals surface area contributed by atoms with Crippen LogP contribution in [-0.4, -0.2) is 11.5 Å². The summed E-state index contributed by atoms with van der Waals surface area (Å²) in [7, 11) is 0. The fourth-order valence-corrected chi connectivity index (χ4v) is 2.77. The Balaban J connectivity index is 2.48. The Labute approximate surface area is 101 Å². The molecule has 1 atom stereocenters. The van der Waals surface area contributed by atoms with Crippen LogP contribution in [-0.2, 0) is 5.41 Å². The first-order valence-electron chi connectivity index (χ1n) is 5.80. The molecule has 1 saturated carbocycles. The largest absolute Gasteiger partial charge is 0.330 e. The molecular weight excluding hydrogens is 216 g/mol. The van der Waals surface area contributed by atoms with E-state index < -0.39 is 0 Å². The lowest BCUT2D eigenvalue weighted by Crippen LogP contribution is -2.25. The van der Waals surface area contributed by atoms with Crippen LogP contribution in [0.25, 0.3) is 0 Å². The number of hydrogen-bond acceptors (Lipinski definition) is 3. The topological polar surface area (TPSA) is 69.2 Å². The van der Waals surface area contributed by atoms with Crippen molar-refractivity contribution in [2.75, 3.05) is 6.54 Å². The summed E-state index contributed by atoms with van der Waals surface area (Å²) < 4.78 is 0. The minimum absolute atomic E-state index is 0.0779. The molecule has 0 bridgehead atoms. The summed E-state index contributed by atoms with van der Waals surface area (Å²) in [5.41, 5.74) is 7.83. The zero-order valence-corrected chi connectivity index (χ0v) is 10.5. The Morgan fingerprint density at radius 1 is 1.47 bits per heavy atom. The third-order valence-electron chi connectivity index (χ3n) is 4.22. The molecule has 1 aromatic rings. The number of nitro groups is 1. The van der Waals surface area contributed by atoms with Gasteiger partial charge < -0.3 is 5.73 Å². The SMILES string of the molecule is Cc1ccc(C2(CN)CC2(C)C)cc1[N+](=O)[O-]. The molecule has 0 radical (unpaired) electrons. The van der Waals surface area contributed by atoms with Crippen molar-refractivity contribution in [2.45, 2.75) is 32.6 Å². The molecule has 1 unspecified atom stereocenters. The summed E-state index contributed by atoms with van der Waals surface area (Å²) in [6, 6.07) is 5.49. The zero-order valence-electron chi connectivity index (χ0n) is 10.5. The summed E-state index contributed by atoms with van der Waals surface area (Å²) in [5, 5.41) is 10.9. The van der Waals surface area contributed by atoms with Gasteiger partial charge in [0.15, 0.2) is 0 Å². The molecule has 2 rings (SSSR count). The van der Waals surface area contributed by atoms with Crippen molar-refractivity contribution in [3.8, 4) is 0 Å². The second kappa shape index (κ2) is 3.53. The minimum Gasteiger partial charge on any atom is -0.330 e. The standard InChI is InChI=1S/C13H18N2O2/c1-9-4-5-10(6-11(9)15(16)17)13(8-14)7-12(13,2)3/h4-6H,7-8,14H2,1-3H3. The second-order valence-corrected chi connectivity index (χ2v) is 5.61. The maximum absolute atomic E-state index is 10.9. The molecule has 1 aliphatic rings. The van der Waals surface area contributed by atoms with E-state index in [0.717, 1.165) is 12.0 Å². The average Bonchev–Trinajstić information content (AvgIpc) is 2.82. The first kappa shape index (κ1) is 12.0. The normalized spacial score (nSPS) is 25.6. The first-order chi connectivity index (χ1) is 7.84. The highest BCUT2D eigenvalue weighted by molar-refractivity contribution is 5.48. The molecule has 0 saturated heterocycles. The second-order valence-electron chi connectivity index (χ2n) is 5.61. The molecule has 0 aliphatic heterocycles. The van der Waals surface area contributed by atoms with Gasteiger partial charge in [-0.05, 0) is 24.3 Å². The quantitative estimate of drug-likeness (QED) is 0.645. The van der Waals surface area contributed by atoms with Crippen LogP contribution < -0.4 is 5.73 Å². The Kier molecular flexibility index (Phi) is 2.51. The van der Waals surface area contributed by atoms with Crippen molar-refractivity contribution in [3.05, 3.63) is 39.4 Å². The van der Waals surface area contributed by atoms with Gasteiger partial charge in [-0.2, -0.15) is 0 Å². The molecule has 0 amide bonds. The van der Waals surface area contributed by atoms with Crippen molar-refractivity contribution < 1.29 is 4.92 Å². The Morgan fingerprint density at radius 2 is 2.06 bits per heavy atom. The van der Waals surface area contributed by atoms with Crippen LogP contribution in [0.1, 0.15) is 31.4 Å². The van der Waals surface area contributed by atoms with Gasteiger partial charge in [0.25, 0.3) is 5.69 Å². The maximum atomic E-state index is 10.9. The Morgan fingerprint density at radius 3 is 2.47 bits per heavy atom. The summed E-state index contributed by atoms with van der Waals surface area (Å²) >= 11 is 0. The molecule has 4 heteroatoms. The van der Waals surface area contributed by atoms with Crippen LogP contribution in [0.5, 0.6) is 0 Å². The van der Waals surface area contributed by atoms with Crippen molar-refractivity contribution in [1.29, 1.82) is 0 Å². The molecule has 17 heavy (non-hydrogen) atoms. The van der Waals surface area contributed by atoms with Crippen molar-refractivity contribution in [2.24, 2.45) is 11.1 Å². The third kappa shape index (κ3) is 1.63. The van der Waals surface area contributed by atoms with E-state index in [4.69, 9.17) is 5.73 Å². The van der Waals surface area contributed by atoms with Crippen LogP contribution in [0.3, 0.4) is 0 Å². The molecule has 0 spiro atoms. The lowest BCUT2D eigenvalue weighted by atomic mass is 9.87. The van der Waals surface area contributed by atoms with Crippen LogP contribution in [0.15, 0.2) is 18.2 Å². The lowest BCUT2D eigenvalue weighted by Gasteiger charge is -2.19. The zero-order chi connectivity index (χ0) is 12.8. The van der Waals surface area contributed by atoms with Crippen LogP contribution >= 0.6 is 0 Å². The number of benzene rings is 1. The highest BCUT2D eigenvalue weighted by Crippen LogP contribution is 2.63. The van der Waals surface area contributed by atoms with Crippen molar-refractivity contribution in [1.82, 2.24) is 0 Å². The van der Waals surface area contributed by atoms with Gasteiger partial charge in [0.05, 0.1) is 4.92 Å². The predicted molar refractivity (Wildman–Crippen MR) is 67.0 cm³/mol. The monoisotopic (exact) mass is 234 g/mol. The van der Waals surface area contributed by atoms with Gasteiger partial charge in [-0.1, -0.05) is 26.0 Å². The number of nitrogens with two attached hydrogens (primary N) is 1. The molecule has 1 aromatic carbocycles. The van der Waals surface area contributed by atoms with E-state index in [0.29, 0.717) is 12.1 Å². The first-order valence-corrected chi connectivity index (χ1v) is 5.80. The van der Waals surface area contributed by atoms with Gasteiger partial charge in [-0.15, -0.1) is 0 Å². The molecule has 2 N–H and O–H groups in total. The van der Waals surface area contributed by atoms with E-state index in [9.17, 15) is 10.1 Å². The van der Waals surface area contributed by atoms with Crippen LogP contribution in [0.4, 0.5) is 5.69 Å². The van der Waals surface area contributed by atoms with Gasteiger partial charge in [0.2, 0.25) is 0 Å². The molecule has 92 valence electrons. The third-order valence-corrected chi connectivity index (χ3v) is 4.22. The number of rotatable bonds is 3. The smallest absolute Gasteiger partial charge is 0.272 e. The predicted octanol–water partition coefficient (Wildman–Crippen LogP) is 2.53. The van der Waals surface area contributed by atoms with E-state index in [-0.39, 0.29) is 21.4 Å². The summed E-state index contributed by atoms with van der Waals surface area (Å²) in [4.78, 5) is 10.6. The van der Waals surface area contributed by atoms with Gasteiger partial charge in [-0.25, -0.2) is 0 Å².